The minimum atomic E-state index is -3.28. The van der Waals surface area contributed by atoms with Crippen LogP contribution in [0.3, 0.4) is 0 Å². The lowest BCUT2D eigenvalue weighted by Crippen LogP contribution is -2.45. The number of hydrogen-bond acceptors (Lipinski definition) is 4. The van der Waals surface area contributed by atoms with Crippen LogP contribution in [-0.4, -0.2) is 56.2 Å². The van der Waals surface area contributed by atoms with Gasteiger partial charge in [-0.3, -0.25) is 4.99 Å². The maximum absolute atomic E-state index is 12.4. The van der Waals surface area contributed by atoms with E-state index in [1.54, 1.807) is 0 Å². The Balaban J connectivity index is 2.13. The molecule has 0 fully saturated rings. The predicted octanol–water partition coefficient (Wildman–Crippen LogP) is 2.52. The van der Waals surface area contributed by atoms with Crippen molar-refractivity contribution in [3.63, 3.8) is 0 Å². The molecular weight excluding hydrogens is 376 g/mol. The smallest absolute Gasteiger partial charge is 0.215 e. The molecule has 0 radical (unpaired) electrons. The van der Waals surface area contributed by atoms with E-state index in [4.69, 9.17) is 4.74 Å². The highest BCUT2D eigenvalue weighted by molar-refractivity contribution is 7.89. The summed E-state index contributed by atoms with van der Waals surface area (Å²) in [6.07, 6.45) is 0.784. The fourth-order valence-corrected chi connectivity index (χ4v) is 4.80. The van der Waals surface area contributed by atoms with Crippen molar-refractivity contribution in [2.75, 3.05) is 31.9 Å². The molecule has 1 unspecified atom stereocenters. The van der Waals surface area contributed by atoms with E-state index in [2.05, 4.69) is 35.5 Å². The number of ether oxygens (including phenoxy) is 1. The summed E-state index contributed by atoms with van der Waals surface area (Å²) < 4.78 is 32.3. The van der Waals surface area contributed by atoms with Crippen molar-refractivity contribution >= 4 is 16.0 Å². The van der Waals surface area contributed by atoms with Crippen LogP contribution in [0.25, 0.3) is 0 Å². The zero-order valence-corrected chi connectivity index (χ0v) is 18.5. The molecule has 1 heterocycles. The fourth-order valence-electron chi connectivity index (χ4n) is 3.43. The van der Waals surface area contributed by atoms with Crippen molar-refractivity contribution in [3.8, 4) is 5.75 Å². The van der Waals surface area contributed by atoms with Crippen molar-refractivity contribution in [1.29, 1.82) is 0 Å². The van der Waals surface area contributed by atoms with Gasteiger partial charge in [-0.15, -0.1) is 0 Å². The third kappa shape index (κ3) is 5.85. The summed E-state index contributed by atoms with van der Waals surface area (Å²) in [7, 11) is -3.28. The van der Waals surface area contributed by atoms with Crippen molar-refractivity contribution in [2.24, 2.45) is 4.99 Å². The Kier molecular flexibility index (Phi) is 7.71. The quantitative estimate of drug-likeness (QED) is 0.508. The lowest BCUT2D eigenvalue weighted by atomic mass is 9.90. The highest BCUT2D eigenvalue weighted by Gasteiger charge is 2.34. The molecule has 0 bridgehead atoms. The van der Waals surface area contributed by atoms with E-state index in [1.807, 2.05) is 39.0 Å². The number of sulfonamides is 1. The summed E-state index contributed by atoms with van der Waals surface area (Å²) in [5.41, 5.74) is 0.790. The van der Waals surface area contributed by atoms with Gasteiger partial charge in [0.05, 0.1) is 18.3 Å². The lowest BCUT2D eigenvalue weighted by Gasteiger charge is -2.38. The second kappa shape index (κ2) is 9.60. The maximum Gasteiger partial charge on any atom is 0.215 e. The molecule has 1 aliphatic rings. The summed E-state index contributed by atoms with van der Waals surface area (Å²) in [6.45, 7) is 11.7. The average Bonchev–Trinajstić information content (AvgIpc) is 2.61. The number of benzene rings is 1. The van der Waals surface area contributed by atoms with E-state index in [-0.39, 0.29) is 23.9 Å². The number of para-hydroxylation sites is 1. The second-order valence-corrected chi connectivity index (χ2v) is 9.55. The van der Waals surface area contributed by atoms with Gasteiger partial charge in [-0.2, -0.15) is 0 Å². The van der Waals surface area contributed by atoms with Gasteiger partial charge in [0.15, 0.2) is 5.96 Å². The molecule has 2 N–H and O–H groups in total. The Hall–Kier alpha value is -1.80. The van der Waals surface area contributed by atoms with Crippen LogP contribution in [0.1, 0.15) is 52.6 Å². The van der Waals surface area contributed by atoms with Gasteiger partial charge in [-0.05, 0) is 26.8 Å². The van der Waals surface area contributed by atoms with Crippen LogP contribution in [0.4, 0.5) is 0 Å². The Bertz CT molecular complexity index is 773. The molecule has 1 aromatic carbocycles. The van der Waals surface area contributed by atoms with Crippen molar-refractivity contribution in [3.05, 3.63) is 29.8 Å². The molecule has 1 aromatic rings. The summed E-state index contributed by atoms with van der Waals surface area (Å²) in [6, 6.07) is 8.03. The van der Waals surface area contributed by atoms with Crippen LogP contribution < -0.4 is 15.4 Å². The van der Waals surface area contributed by atoms with Gasteiger partial charge in [0.1, 0.15) is 11.4 Å². The van der Waals surface area contributed by atoms with Crippen LogP contribution in [0.5, 0.6) is 5.75 Å². The van der Waals surface area contributed by atoms with E-state index in [0.717, 1.165) is 17.7 Å². The van der Waals surface area contributed by atoms with Crippen LogP contribution in [-0.2, 0) is 10.0 Å². The summed E-state index contributed by atoms with van der Waals surface area (Å²) in [5, 5.41) is 6.68. The van der Waals surface area contributed by atoms with E-state index < -0.39 is 10.0 Å². The Morgan fingerprint density at radius 2 is 1.93 bits per heavy atom. The highest BCUT2D eigenvalue weighted by atomic mass is 32.2. The molecule has 7 nitrogen and oxygen atoms in total. The first-order chi connectivity index (χ1) is 13.2. The summed E-state index contributed by atoms with van der Waals surface area (Å²) >= 11 is 0. The molecule has 1 atom stereocenters. The lowest BCUT2D eigenvalue weighted by molar-refractivity contribution is 0.0694. The molecule has 0 saturated carbocycles. The minimum absolute atomic E-state index is 0.00110. The van der Waals surface area contributed by atoms with Gasteiger partial charge < -0.3 is 15.4 Å². The molecule has 0 aliphatic carbocycles. The van der Waals surface area contributed by atoms with Crippen molar-refractivity contribution < 1.29 is 13.2 Å². The van der Waals surface area contributed by atoms with E-state index >= 15 is 0 Å². The standard InChI is InChI=1S/C20H34N4O3S/c1-6-21-19(22-13-14-28(25,26)24(7-2)8-3)23-17-15-20(4,5)27-18-12-10-9-11-16(17)18/h9-12,17H,6-8,13-15H2,1-5H3,(H2,21,22,23). The molecule has 158 valence electrons. The third-order valence-electron chi connectivity index (χ3n) is 4.75. The predicted molar refractivity (Wildman–Crippen MR) is 114 cm³/mol. The molecule has 2 rings (SSSR count). The number of hydrogen-bond donors (Lipinski definition) is 2. The van der Waals surface area contributed by atoms with Gasteiger partial charge in [-0.1, -0.05) is 32.0 Å². The number of rotatable bonds is 8. The molecule has 28 heavy (non-hydrogen) atoms. The summed E-state index contributed by atoms with van der Waals surface area (Å²) in [5.74, 6) is 1.49. The first kappa shape index (κ1) is 22.5. The molecule has 1 aliphatic heterocycles. The van der Waals surface area contributed by atoms with Crippen molar-refractivity contribution in [2.45, 2.75) is 52.7 Å². The number of nitrogens with zero attached hydrogens (tertiary/aromatic N) is 2. The molecule has 0 aromatic heterocycles. The monoisotopic (exact) mass is 410 g/mol. The largest absolute Gasteiger partial charge is 0.487 e. The van der Waals surface area contributed by atoms with Gasteiger partial charge >= 0.3 is 0 Å². The maximum atomic E-state index is 12.4. The van der Waals surface area contributed by atoms with Gasteiger partial charge in [0, 0.05) is 31.6 Å². The topological polar surface area (TPSA) is 83.0 Å². The van der Waals surface area contributed by atoms with Gasteiger partial charge in [-0.25, -0.2) is 12.7 Å². The molecule has 8 heteroatoms. The first-order valence-corrected chi connectivity index (χ1v) is 11.6. The number of nitrogens with one attached hydrogen (secondary N) is 2. The zero-order chi connectivity index (χ0) is 20.8. The van der Waals surface area contributed by atoms with E-state index in [0.29, 0.717) is 25.6 Å². The Morgan fingerprint density at radius 1 is 1.25 bits per heavy atom. The summed E-state index contributed by atoms with van der Waals surface area (Å²) in [4.78, 5) is 4.51. The van der Waals surface area contributed by atoms with Crippen molar-refractivity contribution in [1.82, 2.24) is 14.9 Å². The zero-order valence-electron chi connectivity index (χ0n) is 17.7. The SMILES string of the molecule is CCNC(=NCCS(=O)(=O)N(CC)CC)NC1CC(C)(C)Oc2ccccc21. The Labute approximate surface area is 169 Å². The molecule has 0 spiro atoms. The molecular formula is C20H34N4O3S. The number of guanidine groups is 1. The number of aliphatic imine (C=N–C) groups is 1. The third-order valence-corrected chi connectivity index (χ3v) is 6.75. The average molecular weight is 411 g/mol. The van der Waals surface area contributed by atoms with Crippen LogP contribution >= 0.6 is 0 Å². The van der Waals surface area contributed by atoms with Crippen LogP contribution in [0.2, 0.25) is 0 Å². The van der Waals surface area contributed by atoms with Crippen LogP contribution in [0.15, 0.2) is 29.3 Å². The second-order valence-electron chi connectivity index (χ2n) is 7.46. The Morgan fingerprint density at radius 3 is 2.57 bits per heavy atom. The normalized spacial score (nSPS) is 19.1. The first-order valence-electron chi connectivity index (χ1n) is 10.0. The number of fused-ring (bicyclic) bond motifs is 1. The van der Waals surface area contributed by atoms with E-state index in [1.165, 1.54) is 4.31 Å². The fraction of sp³-hybridized carbons (Fsp3) is 0.650. The minimum Gasteiger partial charge on any atom is -0.487 e. The van der Waals surface area contributed by atoms with Crippen LogP contribution in [0, 0.1) is 0 Å². The highest BCUT2D eigenvalue weighted by Crippen LogP contribution is 2.39. The van der Waals surface area contributed by atoms with Gasteiger partial charge in [0.25, 0.3) is 0 Å². The molecule has 0 amide bonds. The van der Waals surface area contributed by atoms with Gasteiger partial charge in [0.2, 0.25) is 10.0 Å². The molecule has 0 saturated heterocycles. The van der Waals surface area contributed by atoms with E-state index in [9.17, 15) is 8.42 Å².